The summed E-state index contributed by atoms with van der Waals surface area (Å²) in [6.07, 6.45) is 0. The Labute approximate surface area is 111 Å². The standard InChI is InChI=1S/C12H17ClN4O/c1-16-4-6-17(7-5-16)11-8-9(13)2-3-10(11)12(14)15-18/h2-3,8,18H,4-7H2,1H3,(H2,14,15). The SMILES string of the molecule is CN1CCN(c2cc(Cl)ccc2/C(N)=N/O)CC1. The van der Waals surface area contributed by atoms with Gasteiger partial charge in [0.2, 0.25) is 0 Å². The van der Waals surface area contributed by atoms with Crippen LogP contribution in [-0.2, 0) is 0 Å². The topological polar surface area (TPSA) is 65.1 Å². The molecule has 1 aromatic rings. The number of benzene rings is 1. The summed E-state index contributed by atoms with van der Waals surface area (Å²) in [5.74, 6) is 0.112. The predicted octanol–water partition coefficient (Wildman–Crippen LogP) is 1.19. The minimum atomic E-state index is 0.112. The number of nitrogens with zero attached hydrogens (tertiary/aromatic N) is 3. The molecular weight excluding hydrogens is 252 g/mol. The summed E-state index contributed by atoms with van der Waals surface area (Å²) in [4.78, 5) is 4.48. The molecule has 0 radical (unpaired) electrons. The van der Waals surface area contributed by atoms with Gasteiger partial charge in [-0.3, -0.25) is 0 Å². The number of hydrogen-bond donors (Lipinski definition) is 2. The zero-order valence-electron chi connectivity index (χ0n) is 10.3. The van der Waals surface area contributed by atoms with Gasteiger partial charge in [-0.2, -0.15) is 0 Å². The van der Waals surface area contributed by atoms with Crippen LogP contribution in [0.5, 0.6) is 0 Å². The number of piperazine rings is 1. The molecule has 0 unspecified atom stereocenters. The van der Waals surface area contributed by atoms with E-state index in [2.05, 4.69) is 22.0 Å². The third kappa shape index (κ3) is 2.68. The fraction of sp³-hybridized carbons (Fsp3) is 0.417. The van der Waals surface area contributed by atoms with Crippen molar-refractivity contribution in [3.63, 3.8) is 0 Å². The van der Waals surface area contributed by atoms with Crippen molar-refractivity contribution in [2.45, 2.75) is 0 Å². The number of amidine groups is 1. The molecule has 6 heteroatoms. The molecule has 0 spiro atoms. The lowest BCUT2D eigenvalue weighted by molar-refractivity contribution is 0.312. The van der Waals surface area contributed by atoms with Gasteiger partial charge in [-0.05, 0) is 25.2 Å². The Bertz CT molecular complexity index is 455. The quantitative estimate of drug-likeness (QED) is 0.366. The van der Waals surface area contributed by atoms with E-state index in [4.69, 9.17) is 22.5 Å². The smallest absolute Gasteiger partial charge is 0.172 e. The molecule has 0 aliphatic carbocycles. The van der Waals surface area contributed by atoms with Crippen molar-refractivity contribution in [2.75, 3.05) is 38.1 Å². The zero-order valence-corrected chi connectivity index (χ0v) is 11.1. The summed E-state index contributed by atoms with van der Waals surface area (Å²) >= 11 is 6.03. The number of nitrogens with two attached hydrogens (primary N) is 1. The van der Waals surface area contributed by atoms with E-state index in [0.717, 1.165) is 31.9 Å². The molecule has 98 valence electrons. The van der Waals surface area contributed by atoms with E-state index in [1.807, 2.05) is 6.07 Å². The van der Waals surface area contributed by atoms with Gasteiger partial charge in [0.1, 0.15) is 0 Å². The largest absolute Gasteiger partial charge is 0.409 e. The highest BCUT2D eigenvalue weighted by Gasteiger charge is 2.18. The van der Waals surface area contributed by atoms with E-state index in [0.29, 0.717) is 10.6 Å². The van der Waals surface area contributed by atoms with Crippen LogP contribution in [0.2, 0.25) is 5.02 Å². The summed E-state index contributed by atoms with van der Waals surface area (Å²) in [6.45, 7) is 3.79. The van der Waals surface area contributed by atoms with Gasteiger partial charge in [-0.25, -0.2) is 0 Å². The molecule has 2 rings (SSSR count). The van der Waals surface area contributed by atoms with Crippen molar-refractivity contribution in [2.24, 2.45) is 10.9 Å². The molecular formula is C12H17ClN4O. The summed E-state index contributed by atoms with van der Waals surface area (Å²) in [7, 11) is 2.10. The van der Waals surface area contributed by atoms with Crippen LogP contribution < -0.4 is 10.6 Å². The highest BCUT2D eigenvalue weighted by molar-refractivity contribution is 6.31. The second-order valence-corrected chi connectivity index (χ2v) is 4.87. The molecule has 0 amide bonds. The average Bonchev–Trinajstić information content (AvgIpc) is 2.38. The number of anilines is 1. The Morgan fingerprint density at radius 3 is 2.61 bits per heavy atom. The molecule has 0 atom stereocenters. The predicted molar refractivity (Wildman–Crippen MR) is 73.7 cm³/mol. The highest BCUT2D eigenvalue weighted by atomic mass is 35.5. The molecule has 3 N–H and O–H groups in total. The molecule has 1 aromatic carbocycles. The first-order valence-corrected chi connectivity index (χ1v) is 6.20. The highest BCUT2D eigenvalue weighted by Crippen LogP contribution is 2.25. The van der Waals surface area contributed by atoms with Gasteiger partial charge < -0.3 is 20.7 Å². The Kier molecular flexibility index (Phi) is 3.93. The summed E-state index contributed by atoms with van der Waals surface area (Å²) in [5, 5.41) is 12.6. The fourth-order valence-electron chi connectivity index (χ4n) is 2.08. The number of oxime groups is 1. The van der Waals surface area contributed by atoms with E-state index in [9.17, 15) is 0 Å². The maximum Gasteiger partial charge on any atom is 0.172 e. The van der Waals surface area contributed by atoms with Crippen molar-refractivity contribution in [1.29, 1.82) is 0 Å². The average molecular weight is 269 g/mol. The van der Waals surface area contributed by atoms with Crippen molar-refractivity contribution in [1.82, 2.24) is 4.90 Å². The minimum Gasteiger partial charge on any atom is -0.409 e. The third-order valence-electron chi connectivity index (χ3n) is 3.19. The molecule has 1 aliphatic rings. The van der Waals surface area contributed by atoms with Crippen molar-refractivity contribution in [3.8, 4) is 0 Å². The van der Waals surface area contributed by atoms with E-state index in [-0.39, 0.29) is 5.84 Å². The van der Waals surface area contributed by atoms with E-state index in [1.165, 1.54) is 0 Å². The van der Waals surface area contributed by atoms with E-state index >= 15 is 0 Å². The fourth-order valence-corrected chi connectivity index (χ4v) is 2.25. The van der Waals surface area contributed by atoms with Gasteiger partial charge >= 0.3 is 0 Å². The van der Waals surface area contributed by atoms with Crippen molar-refractivity contribution >= 4 is 23.1 Å². The number of hydrogen-bond acceptors (Lipinski definition) is 4. The summed E-state index contributed by atoms with van der Waals surface area (Å²) < 4.78 is 0. The van der Waals surface area contributed by atoms with E-state index < -0.39 is 0 Å². The second kappa shape index (κ2) is 5.46. The Morgan fingerprint density at radius 2 is 2.00 bits per heavy atom. The van der Waals surface area contributed by atoms with Crippen LogP contribution in [0.25, 0.3) is 0 Å². The number of halogens is 1. The lowest BCUT2D eigenvalue weighted by Gasteiger charge is -2.35. The first-order chi connectivity index (χ1) is 8.61. The molecule has 0 saturated carbocycles. The van der Waals surface area contributed by atoms with Crippen LogP contribution in [0.1, 0.15) is 5.56 Å². The van der Waals surface area contributed by atoms with Crippen molar-refractivity contribution < 1.29 is 5.21 Å². The zero-order chi connectivity index (χ0) is 13.1. The molecule has 1 fully saturated rings. The Hall–Kier alpha value is -1.46. The molecule has 5 nitrogen and oxygen atoms in total. The van der Waals surface area contributed by atoms with Crippen LogP contribution in [-0.4, -0.2) is 49.2 Å². The van der Waals surface area contributed by atoms with Crippen LogP contribution in [0, 0.1) is 0 Å². The molecule has 1 aliphatic heterocycles. The number of likely N-dealkylation sites (N-methyl/N-ethyl adjacent to an activating group) is 1. The Morgan fingerprint density at radius 1 is 1.33 bits per heavy atom. The van der Waals surface area contributed by atoms with Crippen molar-refractivity contribution in [3.05, 3.63) is 28.8 Å². The second-order valence-electron chi connectivity index (χ2n) is 4.44. The van der Waals surface area contributed by atoms with Gasteiger partial charge in [0.15, 0.2) is 5.84 Å². The van der Waals surface area contributed by atoms with Gasteiger partial charge in [-0.15, -0.1) is 0 Å². The molecule has 0 aromatic heterocycles. The normalized spacial score (nSPS) is 18.1. The third-order valence-corrected chi connectivity index (χ3v) is 3.42. The molecule has 18 heavy (non-hydrogen) atoms. The van der Waals surface area contributed by atoms with Gasteiger partial charge in [0.25, 0.3) is 0 Å². The van der Waals surface area contributed by atoms with Crippen LogP contribution in [0.15, 0.2) is 23.4 Å². The molecule has 0 bridgehead atoms. The van der Waals surface area contributed by atoms with Gasteiger partial charge in [0, 0.05) is 42.5 Å². The van der Waals surface area contributed by atoms with Gasteiger partial charge in [0.05, 0.1) is 0 Å². The summed E-state index contributed by atoms with van der Waals surface area (Å²) in [5.41, 5.74) is 7.34. The first kappa shape index (κ1) is 13.0. The van der Waals surface area contributed by atoms with Crippen LogP contribution >= 0.6 is 11.6 Å². The number of rotatable bonds is 2. The van der Waals surface area contributed by atoms with Gasteiger partial charge in [-0.1, -0.05) is 16.8 Å². The minimum absolute atomic E-state index is 0.112. The van der Waals surface area contributed by atoms with Crippen LogP contribution in [0.4, 0.5) is 5.69 Å². The lowest BCUT2D eigenvalue weighted by atomic mass is 10.1. The van der Waals surface area contributed by atoms with E-state index in [1.54, 1.807) is 12.1 Å². The maximum absolute atomic E-state index is 8.83. The Balaban J connectivity index is 2.33. The summed E-state index contributed by atoms with van der Waals surface area (Å²) in [6, 6.07) is 5.39. The van der Waals surface area contributed by atoms with Crippen LogP contribution in [0.3, 0.4) is 0 Å². The maximum atomic E-state index is 8.83. The molecule has 1 heterocycles. The molecule has 1 saturated heterocycles. The first-order valence-electron chi connectivity index (χ1n) is 5.83. The lowest BCUT2D eigenvalue weighted by Crippen LogP contribution is -2.45. The monoisotopic (exact) mass is 268 g/mol.